The number of hydrogen-bond acceptors (Lipinski definition) is 1. The lowest BCUT2D eigenvalue weighted by atomic mass is 9.85. The van der Waals surface area contributed by atoms with Crippen LogP contribution in [0.1, 0.15) is 11.1 Å². The highest BCUT2D eigenvalue weighted by Crippen LogP contribution is 2.45. The molecule has 0 aliphatic carbocycles. The Labute approximate surface area is 332 Å². The van der Waals surface area contributed by atoms with E-state index in [1.165, 1.54) is 93.0 Å². The molecule has 57 heavy (non-hydrogen) atoms. The second-order valence-corrected chi connectivity index (χ2v) is 15.0. The summed E-state index contributed by atoms with van der Waals surface area (Å²) < 4.78 is 0. The minimum atomic E-state index is 0.775. The second-order valence-electron chi connectivity index (χ2n) is 15.0. The van der Waals surface area contributed by atoms with Crippen LogP contribution in [0.5, 0.6) is 0 Å². The van der Waals surface area contributed by atoms with Gasteiger partial charge in [-0.05, 0) is 101 Å². The van der Waals surface area contributed by atoms with Crippen LogP contribution in [0.4, 0.5) is 0 Å². The molecule has 0 atom stereocenters. The topological polar surface area (TPSA) is 12.9 Å². The Morgan fingerprint density at radius 1 is 0.281 bits per heavy atom. The van der Waals surface area contributed by atoms with Gasteiger partial charge in [-0.15, -0.1) is 0 Å². The highest BCUT2D eigenvalue weighted by Gasteiger charge is 2.18. The monoisotopic (exact) mass is 723 g/mol. The van der Waals surface area contributed by atoms with Crippen LogP contribution in [-0.2, 0) is 6.42 Å². The molecule has 10 aromatic carbocycles. The summed E-state index contributed by atoms with van der Waals surface area (Å²) in [6.07, 6.45) is 0.775. The maximum atomic E-state index is 5.50. The van der Waals surface area contributed by atoms with Crippen LogP contribution < -0.4 is 0 Å². The molecule has 0 N–H and O–H groups in total. The van der Waals surface area contributed by atoms with Crippen LogP contribution in [0.15, 0.2) is 212 Å². The van der Waals surface area contributed by atoms with E-state index in [2.05, 4.69) is 212 Å². The summed E-state index contributed by atoms with van der Waals surface area (Å²) in [5, 5.41) is 11.2. The Morgan fingerprint density at radius 2 is 0.719 bits per heavy atom. The van der Waals surface area contributed by atoms with Gasteiger partial charge in [0.2, 0.25) is 0 Å². The molecule has 0 spiro atoms. The van der Waals surface area contributed by atoms with Crippen LogP contribution >= 0.6 is 0 Å². The fourth-order valence-electron chi connectivity index (χ4n) is 9.05. The fourth-order valence-corrected chi connectivity index (χ4v) is 9.05. The van der Waals surface area contributed by atoms with E-state index in [1.807, 2.05) is 0 Å². The van der Waals surface area contributed by atoms with Crippen molar-refractivity contribution in [1.82, 2.24) is 4.98 Å². The van der Waals surface area contributed by atoms with Gasteiger partial charge in [-0.2, -0.15) is 0 Å². The number of fused-ring (bicyclic) bond motifs is 8. The zero-order valence-corrected chi connectivity index (χ0v) is 31.4. The predicted molar refractivity (Wildman–Crippen MR) is 243 cm³/mol. The highest BCUT2D eigenvalue weighted by atomic mass is 14.7. The van der Waals surface area contributed by atoms with Crippen LogP contribution in [-0.4, -0.2) is 4.98 Å². The number of hydrogen-bond donors (Lipinski definition) is 0. The zero-order valence-electron chi connectivity index (χ0n) is 31.4. The zero-order chi connectivity index (χ0) is 37.7. The SMILES string of the molecule is c1ccc(-c2nc3c4ccccc4c4ccccc4c3cc2Cc2ccc(-c3ccc4c(-c5ccccc5)c5ccccc5c(-c5ccccc5)c4c3)cc2)cc1. The number of nitrogens with zero attached hydrogens (tertiary/aromatic N) is 1. The average molecular weight is 724 g/mol. The maximum Gasteiger partial charge on any atom is 0.0794 e. The predicted octanol–water partition coefficient (Wildman–Crippen LogP) is 15.1. The van der Waals surface area contributed by atoms with Crippen molar-refractivity contribution in [2.24, 2.45) is 0 Å². The lowest BCUT2D eigenvalue weighted by Gasteiger charge is -2.19. The molecule has 266 valence electrons. The first kappa shape index (κ1) is 33.0. The van der Waals surface area contributed by atoms with E-state index in [1.54, 1.807) is 0 Å². The van der Waals surface area contributed by atoms with Gasteiger partial charge in [-0.25, -0.2) is 4.98 Å². The van der Waals surface area contributed by atoms with Gasteiger partial charge in [0.05, 0.1) is 11.2 Å². The van der Waals surface area contributed by atoms with Crippen molar-refractivity contribution >= 4 is 54.0 Å². The summed E-state index contributed by atoms with van der Waals surface area (Å²) in [6, 6.07) is 77.3. The van der Waals surface area contributed by atoms with Crippen LogP contribution in [0, 0.1) is 0 Å². The molecular weight excluding hydrogens is 687 g/mol. The molecule has 0 amide bonds. The van der Waals surface area contributed by atoms with Crippen LogP contribution in [0.25, 0.3) is 98.6 Å². The minimum Gasteiger partial charge on any atom is -0.247 e. The standard InChI is InChI=1S/C56H37N/c1-4-16-39(17-5-1)53-47-25-13-14-26-48(47)54(40-18-6-2-7-19-40)51-35-42(32-33-49(51)53)38-30-28-37(29-31-38)34-43-36-52-46-24-11-10-22-44(46)45-23-12-15-27-50(45)56(52)57-55(43)41-20-8-3-9-21-41/h1-33,35-36H,34H2. The molecule has 0 saturated carbocycles. The summed E-state index contributed by atoms with van der Waals surface area (Å²) in [5.74, 6) is 0. The van der Waals surface area contributed by atoms with Gasteiger partial charge in [-0.3, -0.25) is 0 Å². The molecular formula is C56H37N. The van der Waals surface area contributed by atoms with E-state index in [-0.39, 0.29) is 0 Å². The van der Waals surface area contributed by atoms with Crippen molar-refractivity contribution in [3.63, 3.8) is 0 Å². The van der Waals surface area contributed by atoms with Crippen molar-refractivity contribution in [2.45, 2.75) is 6.42 Å². The summed E-state index contributed by atoms with van der Waals surface area (Å²) in [4.78, 5) is 5.50. The quantitative estimate of drug-likeness (QED) is 0.123. The molecule has 1 aromatic heterocycles. The molecule has 0 bridgehead atoms. The third-order valence-electron chi connectivity index (χ3n) is 11.7. The highest BCUT2D eigenvalue weighted by molar-refractivity contribution is 6.25. The first-order chi connectivity index (χ1) is 28.3. The van der Waals surface area contributed by atoms with E-state index in [0.717, 1.165) is 23.2 Å². The van der Waals surface area contributed by atoms with Gasteiger partial charge in [0.15, 0.2) is 0 Å². The van der Waals surface area contributed by atoms with Crippen LogP contribution in [0.3, 0.4) is 0 Å². The van der Waals surface area contributed by atoms with Crippen molar-refractivity contribution in [3.05, 3.63) is 223 Å². The first-order valence-corrected chi connectivity index (χ1v) is 19.8. The van der Waals surface area contributed by atoms with Crippen molar-refractivity contribution < 1.29 is 0 Å². The van der Waals surface area contributed by atoms with Gasteiger partial charge < -0.3 is 0 Å². The van der Waals surface area contributed by atoms with Gasteiger partial charge in [-0.1, -0.05) is 200 Å². The molecule has 1 heteroatoms. The minimum absolute atomic E-state index is 0.775. The third-order valence-corrected chi connectivity index (χ3v) is 11.7. The Morgan fingerprint density at radius 3 is 1.32 bits per heavy atom. The molecule has 0 unspecified atom stereocenters. The number of rotatable bonds is 6. The smallest absolute Gasteiger partial charge is 0.0794 e. The molecule has 0 fully saturated rings. The average Bonchev–Trinajstić information content (AvgIpc) is 3.29. The fraction of sp³-hybridized carbons (Fsp3) is 0.0179. The Balaban J connectivity index is 1.05. The van der Waals surface area contributed by atoms with Gasteiger partial charge in [0.25, 0.3) is 0 Å². The Hall–Kier alpha value is -7.35. The molecule has 1 heterocycles. The molecule has 0 aliphatic heterocycles. The van der Waals surface area contributed by atoms with Crippen molar-refractivity contribution in [3.8, 4) is 44.6 Å². The summed E-state index contributed by atoms with van der Waals surface area (Å²) >= 11 is 0. The van der Waals surface area contributed by atoms with E-state index in [9.17, 15) is 0 Å². The Kier molecular flexibility index (Phi) is 7.96. The van der Waals surface area contributed by atoms with E-state index in [0.29, 0.717) is 0 Å². The van der Waals surface area contributed by atoms with Crippen molar-refractivity contribution in [1.29, 1.82) is 0 Å². The van der Waals surface area contributed by atoms with Crippen molar-refractivity contribution in [2.75, 3.05) is 0 Å². The molecule has 11 rings (SSSR count). The normalized spacial score (nSPS) is 11.6. The van der Waals surface area contributed by atoms with E-state index in [4.69, 9.17) is 4.98 Å². The van der Waals surface area contributed by atoms with E-state index < -0.39 is 0 Å². The molecule has 0 saturated heterocycles. The summed E-state index contributed by atoms with van der Waals surface area (Å²) in [5.41, 5.74) is 13.1. The summed E-state index contributed by atoms with van der Waals surface area (Å²) in [6.45, 7) is 0. The van der Waals surface area contributed by atoms with Gasteiger partial charge in [0.1, 0.15) is 0 Å². The molecule has 0 aliphatic rings. The number of aromatic nitrogens is 1. The maximum absolute atomic E-state index is 5.50. The molecule has 1 nitrogen and oxygen atoms in total. The lowest BCUT2D eigenvalue weighted by Crippen LogP contribution is -1.98. The first-order valence-electron chi connectivity index (χ1n) is 19.8. The lowest BCUT2D eigenvalue weighted by molar-refractivity contribution is 1.17. The number of pyridine rings is 1. The largest absolute Gasteiger partial charge is 0.247 e. The Bertz CT molecular complexity index is 3280. The third kappa shape index (κ3) is 5.67. The van der Waals surface area contributed by atoms with E-state index >= 15 is 0 Å². The second kappa shape index (κ2) is 13.7. The van der Waals surface area contributed by atoms with Crippen LogP contribution in [0.2, 0.25) is 0 Å². The molecule has 0 radical (unpaired) electrons. The summed E-state index contributed by atoms with van der Waals surface area (Å²) in [7, 11) is 0. The van der Waals surface area contributed by atoms with Gasteiger partial charge in [0, 0.05) is 16.3 Å². The number of benzene rings is 10. The molecule has 11 aromatic rings. The van der Waals surface area contributed by atoms with Gasteiger partial charge >= 0.3 is 0 Å².